The Balaban J connectivity index is 2.64. The number of esters is 1. The molecule has 2 rings (SSSR count). The van der Waals surface area contributed by atoms with E-state index in [1.807, 2.05) is 0 Å². The van der Waals surface area contributed by atoms with Crippen LogP contribution in [0, 0.1) is 0 Å². The number of methoxy groups -OCH3 is 2. The largest absolute Gasteiger partial charge is 0.468 e. The summed E-state index contributed by atoms with van der Waals surface area (Å²) in [6.07, 6.45) is 1.45. The zero-order chi connectivity index (χ0) is 19.8. The van der Waals surface area contributed by atoms with E-state index in [0.29, 0.717) is 11.1 Å². The number of aromatic nitrogens is 2. The van der Waals surface area contributed by atoms with E-state index in [0.717, 1.165) is 0 Å². The number of ether oxygens (including phenoxy) is 2. The lowest BCUT2D eigenvalue weighted by atomic mass is 9.92. The summed E-state index contributed by atoms with van der Waals surface area (Å²) >= 11 is 5.96. The fourth-order valence-corrected chi connectivity index (χ4v) is 2.52. The van der Waals surface area contributed by atoms with Crippen molar-refractivity contribution >= 4 is 29.3 Å². The maximum absolute atomic E-state index is 12.3. The smallest absolute Gasteiger partial charge is 0.332 e. The molecule has 0 radical (unpaired) electrons. The third-order valence-electron chi connectivity index (χ3n) is 3.51. The van der Waals surface area contributed by atoms with Gasteiger partial charge in [0.15, 0.2) is 11.5 Å². The molecular formula is C18H18ClN3O5. The van der Waals surface area contributed by atoms with Crippen LogP contribution in [-0.4, -0.2) is 48.4 Å². The number of halogens is 1. The molecule has 1 aromatic carbocycles. The van der Waals surface area contributed by atoms with E-state index >= 15 is 0 Å². The number of hydrogen-bond acceptors (Lipinski definition) is 8. The van der Waals surface area contributed by atoms with Crippen LogP contribution in [0.4, 0.5) is 0 Å². The van der Waals surface area contributed by atoms with Gasteiger partial charge in [-0.3, -0.25) is 4.79 Å². The maximum atomic E-state index is 12.3. The molecule has 0 saturated carbocycles. The van der Waals surface area contributed by atoms with Crippen molar-refractivity contribution in [1.82, 2.24) is 9.97 Å². The Hall–Kier alpha value is -2.84. The van der Waals surface area contributed by atoms with E-state index in [1.54, 1.807) is 24.3 Å². The van der Waals surface area contributed by atoms with Gasteiger partial charge in [-0.05, 0) is 11.6 Å². The predicted octanol–water partition coefficient (Wildman–Crippen LogP) is 2.35. The van der Waals surface area contributed by atoms with Gasteiger partial charge < -0.3 is 14.3 Å². The first kappa shape index (κ1) is 20.5. The summed E-state index contributed by atoms with van der Waals surface area (Å²) in [5, 5.41) is 4.07. The summed E-state index contributed by atoms with van der Waals surface area (Å²) in [5.74, 6) is -1.69. The van der Waals surface area contributed by atoms with Crippen LogP contribution in [-0.2, 0) is 23.9 Å². The lowest BCUT2D eigenvalue weighted by molar-refractivity contribution is -0.144. The van der Waals surface area contributed by atoms with Crippen molar-refractivity contribution in [1.29, 1.82) is 0 Å². The molecule has 0 aliphatic carbocycles. The van der Waals surface area contributed by atoms with Gasteiger partial charge in [0.2, 0.25) is 0 Å². The fourth-order valence-electron chi connectivity index (χ4n) is 2.38. The topological polar surface area (TPSA) is 100.0 Å². The highest BCUT2D eigenvalue weighted by Crippen LogP contribution is 2.24. The highest BCUT2D eigenvalue weighted by Gasteiger charge is 2.27. The number of oxime groups is 1. The molecule has 2 aromatic rings. The van der Waals surface area contributed by atoms with Gasteiger partial charge in [-0.1, -0.05) is 41.0 Å². The number of nitrogens with zero attached hydrogens (tertiary/aromatic N) is 3. The summed E-state index contributed by atoms with van der Waals surface area (Å²) in [5.41, 5.74) is 1.18. The first-order valence-corrected chi connectivity index (χ1v) is 8.26. The van der Waals surface area contributed by atoms with Gasteiger partial charge in [0.1, 0.15) is 11.1 Å². The van der Waals surface area contributed by atoms with Crippen molar-refractivity contribution in [2.24, 2.45) is 5.16 Å². The van der Waals surface area contributed by atoms with Gasteiger partial charge in [0.05, 0.1) is 13.7 Å². The number of carbonyl (C=O) groups excluding carboxylic acids is 2. The number of benzene rings is 1. The van der Waals surface area contributed by atoms with Crippen molar-refractivity contribution in [3.63, 3.8) is 0 Å². The van der Waals surface area contributed by atoms with E-state index in [9.17, 15) is 9.59 Å². The van der Waals surface area contributed by atoms with Crippen LogP contribution in [0.2, 0.25) is 5.15 Å². The van der Waals surface area contributed by atoms with Gasteiger partial charge >= 0.3 is 11.9 Å². The van der Waals surface area contributed by atoms with E-state index in [2.05, 4.69) is 15.1 Å². The van der Waals surface area contributed by atoms with Crippen LogP contribution < -0.4 is 0 Å². The summed E-state index contributed by atoms with van der Waals surface area (Å²) in [6, 6.07) is 8.43. The van der Waals surface area contributed by atoms with E-state index in [-0.39, 0.29) is 23.3 Å². The van der Waals surface area contributed by atoms with Crippen molar-refractivity contribution in [2.75, 3.05) is 20.8 Å². The lowest BCUT2D eigenvalue weighted by Crippen LogP contribution is -2.23. The van der Waals surface area contributed by atoms with Crippen LogP contribution in [0.5, 0.6) is 0 Å². The molecule has 0 saturated heterocycles. The Labute approximate surface area is 161 Å². The zero-order valence-corrected chi connectivity index (χ0v) is 15.8. The Morgan fingerprint density at radius 1 is 1.22 bits per heavy atom. The van der Waals surface area contributed by atoms with Crippen LogP contribution in [0.25, 0.3) is 0 Å². The van der Waals surface area contributed by atoms with Gasteiger partial charge in [0.25, 0.3) is 0 Å². The van der Waals surface area contributed by atoms with E-state index in [1.165, 1.54) is 33.4 Å². The summed E-state index contributed by atoms with van der Waals surface area (Å²) in [6.45, 7) is 1.30. The van der Waals surface area contributed by atoms with E-state index < -0.39 is 17.9 Å². The van der Waals surface area contributed by atoms with Gasteiger partial charge in [-0.2, -0.15) is 0 Å². The van der Waals surface area contributed by atoms with Crippen LogP contribution >= 0.6 is 11.6 Å². The molecule has 9 heteroatoms. The van der Waals surface area contributed by atoms with Crippen molar-refractivity contribution in [3.05, 3.63) is 58.6 Å². The average Bonchev–Trinajstić information content (AvgIpc) is 2.66. The maximum Gasteiger partial charge on any atom is 0.332 e. The molecule has 8 nitrogen and oxygen atoms in total. The Bertz CT molecular complexity index is 856. The molecule has 0 bridgehead atoms. The second-order valence-electron chi connectivity index (χ2n) is 5.34. The quantitative estimate of drug-likeness (QED) is 0.235. The second kappa shape index (κ2) is 9.75. The highest BCUT2D eigenvalue weighted by atomic mass is 35.5. The Morgan fingerprint density at radius 3 is 2.59 bits per heavy atom. The number of carbonyl (C=O) groups is 2. The van der Waals surface area contributed by atoms with Crippen molar-refractivity contribution in [2.45, 2.75) is 12.8 Å². The molecule has 1 heterocycles. The first-order chi connectivity index (χ1) is 13.0. The SMILES string of the molecule is COCC(C(=O)OC)c1ccccc1C(=NOC(C)=O)c1nccc(Cl)n1. The molecule has 1 atom stereocenters. The molecule has 0 aliphatic rings. The third kappa shape index (κ3) is 5.32. The molecule has 0 aliphatic heterocycles. The Kier molecular flexibility index (Phi) is 7.39. The predicted molar refractivity (Wildman–Crippen MR) is 97.5 cm³/mol. The average molecular weight is 392 g/mol. The van der Waals surface area contributed by atoms with Gasteiger partial charge in [-0.15, -0.1) is 0 Å². The minimum atomic E-state index is -0.724. The third-order valence-corrected chi connectivity index (χ3v) is 3.72. The fraction of sp³-hybridized carbons (Fsp3) is 0.278. The molecule has 0 N–H and O–H groups in total. The van der Waals surface area contributed by atoms with Crippen molar-refractivity contribution in [3.8, 4) is 0 Å². The minimum Gasteiger partial charge on any atom is -0.468 e. The van der Waals surface area contributed by atoms with Gasteiger partial charge in [-0.25, -0.2) is 14.8 Å². The molecule has 0 amide bonds. The molecule has 142 valence electrons. The van der Waals surface area contributed by atoms with E-state index in [4.69, 9.17) is 25.9 Å². The molecule has 0 fully saturated rings. The molecule has 1 aromatic heterocycles. The van der Waals surface area contributed by atoms with Crippen molar-refractivity contribution < 1.29 is 23.9 Å². The van der Waals surface area contributed by atoms with Crippen LogP contribution in [0.15, 0.2) is 41.7 Å². The number of rotatable bonds is 7. The second-order valence-corrected chi connectivity index (χ2v) is 5.73. The van der Waals surface area contributed by atoms with Crippen LogP contribution in [0.3, 0.4) is 0 Å². The summed E-state index contributed by atoms with van der Waals surface area (Å²) in [4.78, 5) is 36.6. The zero-order valence-electron chi connectivity index (χ0n) is 15.0. The minimum absolute atomic E-state index is 0.0843. The summed E-state index contributed by atoms with van der Waals surface area (Å²) < 4.78 is 10.0. The van der Waals surface area contributed by atoms with Gasteiger partial charge in [0, 0.05) is 25.8 Å². The summed E-state index contributed by atoms with van der Waals surface area (Å²) in [7, 11) is 2.77. The normalized spacial score (nSPS) is 12.4. The molecular weight excluding hydrogens is 374 g/mol. The van der Waals surface area contributed by atoms with Crippen LogP contribution in [0.1, 0.15) is 29.8 Å². The monoisotopic (exact) mass is 391 g/mol. The molecule has 1 unspecified atom stereocenters. The lowest BCUT2D eigenvalue weighted by Gasteiger charge is -2.18. The molecule has 27 heavy (non-hydrogen) atoms. The Morgan fingerprint density at radius 2 is 1.96 bits per heavy atom. The standard InChI is InChI=1S/C18H18ClN3O5/c1-11(23)27-22-16(17-20-9-8-15(19)21-17)13-7-5-4-6-12(13)14(10-25-2)18(24)26-3/h4-9,14H,10H2,1-3H3. The first-order valence-electron chi connectivity index (χ1n) is 7.88. The number of hydrogen-bond donors (Lipinski definition) is 0. The highest BCUT2D eigenvalue weighted by molar-refractivity contribution is 6.29. The molecule has 0 spiro atoms.